The number of fused-ring (bicyclic) bond motifs is 1. The molecule has 1 fully saturated rings. The average Bonchev–Trinajstić information content (AvgIpc) is 2.91. The lowest BCUT2D eigenvalue weighted by molar-refractivity contribution is -0.131. The van der Waals surface area contributed by atoms with Crippen LogP contribution in [0, 0.1) is 11.3 Å². The van der Waals surface area contributed by atoms with E-state index in [1.54, 1.807) is 39.0 Å². The number of ketones is 1. The molecule has 0 aromatic heterocycles. The molecule has 130 valence electrons. The van der Waals surface area contributed by atoms with Crippen LogP contribution in [0.5, 0.6) is 5.75 Å². The second kappa shape index (κ2) is 5.71. The van der Waals surface area contributed by atoms with Gasteiger partial charge in [-0.1, -0.05) is 0 Å². The first-order chi connectivity index (χ1) is 11.7. The van der Waals surface area contributed by atoms with E-state index in [1.807, 2.05) is 0 Å². The fraction of sp³-hybridized carbons (Fsp3) is 0.421. The largest absolute Gasteiger partial charge is 0.515 e. The summed E-state index contributed by atoms with van der Waals surface area (Å²) in [5.74, 6) is 0.377. The molecule has 6 heteroatoms. The number of hydrogen-bond donors (Lipinski definition) is 2. The Bertz CT molecular complexity index is 843. The molecule has 0 spiro atoms. The van der Waals surface area contributed by atoms with Crippen LogP contribution >= 0.6 is 0 Å². The fourth-order valence-electron chi connectivity index (χ4n) is 3.23. The van der Waals surface area contributed by atoms with E-state index >= 15 is 0 Å². The summed E-state index contributed by atoms with van der Waals surface area (Å²) < 4.78 is 5.94. The van der Waals surface area contributed by atoms with Gasteiger partial charge in [0.15, 0.2) is 5.78 Å². The molecule has 0 saturated heterocycles. The summed E-state index contributed by atoms with van der Waals surface area (Å²) in [5.41, 5.74) is -0.653. The van der Waals surface area contributed by atoms with Gasteiger partial charge >= 0.3 is 0 Å². The van der Waals surface area contributed by atoms with Crippen molar-refractivity contribution in [2.45, 2.75) is 50.9 Å². The first-order valence-corrected chi connectivity index (χ1v) is 8.11. The summed E-state index contributed by atoms with van der Waals surface area (Å²) in [6, 6.07) is 6.34. The first kappa shape index (κ1) is 17.2. The van der Waals surface area contributed by atoms with E-state index in [2.05, 4.69) is 11.1 Å². The molecule has 1 aliphatic heterocycles. The van der Waals surface area contributed by atoms with Crippen LogP contribution in [0.15, 0.2) is 35.0 Å². The lowest BCUT2D eigenvalue weighted by Crippen LogP contribution is -2.57. The second-order valence-corrected chi connectivity index (χ2v) is 7.07. The van der Waals surface area contributed by atoms with Crippen LogP contribution in [-0.4, -0.2) is 32.9 Å². The van der Waals surface area contributed by atoms with Gasteiger partial charge in [0, 0.05) is 12.0 Å². The molecule has 1 heterocycles. The highest BCUT2D eigenvalue weighted by molar-refractivity contribution is 6.27. The normalized spacial score (nSPS) is 30.8. The minimum atomic E-state index is -1.38. The molecule has 1 saturated carbocycles. The highest BCUT2D eigenvalue weighted by Crippen LogP contribution is 2.48. The van der Waals surface area contributed by atoms with Gasteiger partial charge in [-0.2, -0.15) is 5.26 Å². The van der Waals surface area contributed by atoms with E-state index in [0.29, 0.717) is 29.0 Å². The Balaban J connectivity index is 2.20. The monoisotopic (exact) mass is 340 g/mol. The minimum Gasteiger partial charge on any atom is -0.515 e. The molecule has 6 nitrogen and oxygen atoms in total. The molecule has 1 aromatic carbocycles. The molecule has 25 heavy (non-hydrogen) atoms. The number of benzene rings is 1. The van der Waals surface area contributed by atoms with Crippen LogP contribution in [0.3, 0.4) is 0 Å². The Labute approximate surface area is 146 Å². The van der Waals surface area contributed by atoms with Crippen LogP contribution in [0.1, 0.15) is 50.8 Å². The maximum atomic E-state index is 11.9. The quantitative estimate of drug-likeness (QED) is 0.604. The van der Waals surface area contributed by atoms with Crippen LogP contribution in [0.25, 0.3) is 0 Å². The third-order valence-electron chi connectivity index (χ3n) is 5.16. The number of aliphatic imine (C=N–C) groups is 1. The van der Waals surface area contributed by atoms with Gasteiger partial charge in [0.1, 0.15) is 23.0 Å². The molecular formula is C19H20N2O4. The number of carbonyl (C=O) groups excluding carboxylic acids is 1. The molecule has 0 amide bonds. The Hall–Kier alpha value is -2.65. The smallest absolute Gasteiger partial charge is 0.168 e. The van der Waals surface area contributed by atoms with E-state index in [9.17, 15) is 20.3 Å². The Morgan fingerprint density at radius 3 is 2.72 bits per heavy atom. The van der Waals surface area contributed by atoms with Gasteiger partial charge in [-0.05, 0) is 45.4 Å². The SMILES string of the molecule is CC1(C)Oc2ccc(C#N)cc2C(N=C2CCC(=O)/C2=C\O)C1(C)O. The van der Waals surface area contributed by atoms with Gasteiger partial charge in [-0.15, -0.1) is 0 Å². The van der Waals surface area contributed by atoms with E-state index in [-0.39, 0.29) is 17.8 Å². The molecule has 1 aromatic rings. The van der Waals surface area contributed by atoms with E-state index in [4.69, 9.17) is 4.74 Å². The number of nitrogens with zero attached hydrogens (tertiary/aromatic N) is 2. The summed E-state index contributed by atoms with van der Waals surface area (Å²) in [4.78, 5) is 16.5. The predicted molar refractivity (Wildman–Crippen MR) is 91.6 cm³/mol. The maximum Gasteiger partial charge on any atom is 0.168 e. The molecule has 1 aliphatic carbocycles. The van der Waals surface area contributed by atoms with Crippen LogP contribution < -0.4 is 4.74 Å². The molecule has 2 aliphatic rings. The number of rotatable bonds is 1. The number of hydrogen-bond acceptors (Lipinski definition) is 6. The van der Waals surface area contributed by atoms with Gasteiger partial charge in [0.25, 0.3) is 0 Å². The van der Waals surface area contributed by atoms with Crippen molar-refractivity contribution in [2.24, 2.45) is 4.99 Å². The Morgan fingerprint density at radius 1 is 1.36 bits per heavy atom. The lowest BCUT2D eigenvalue weighted by Gasteiger charge is -2.48. The summed E-state index contributed by atoms with van der Waals surface area (Å²) in [5, 5.41) is 29.7. The number of allylic oxidation sites excluding steroid dienone is 1. The maximum absolute atomic E-state index is 11.9. The summed E-state index contributed by atoms with van der Waals surface area (Å²) in [6.07, 6.45) is 1.47. The molecule has 2 atom stereocenters. The van der Waals surface area contributed by atoms with Crippen molar-refractivity contribution < 1.29 is 19.7 Å². The third kappa shape index (κ3) is 2.61. The fourth-order valence-corrected chi connectivity index (χ4v) is 3.23. The zero-order valence-corrected chi connectivity index (χ0v) is 14.4. The van der Waals surface area contributed by atoms with E-state index < -0.39 is 17.2 Å². The van der Waals surface area contributed by atoms with Gasteiger partial charge in [-0.3, -0.25) is 9.79 Å². The molecular weight excluding hydrogens is 320 g/mol. The lowest BCUT2D eigenvalue weighted by atomic mass is 9.75. The summed E-state index contributed by atoms with van der Waals surface area (Å²) >= 11 is 0. The van der Waals surface area contributed by atoms with Gasteiger partial charge in [-0.25, -0.2) is 0 Å². The number of Topliss-reactive ketones (excluding diaryl/α,β-unsaturated/α-hetero) is 1. The van der Waals surface area contributed by atoms with Crippen molar-refractivity contribution >= 4 is 11.5 Å². The van der Waals surface area contributed by atoms with Gasteiger partial charge in [0.2, 0.25) is 0 Å². The number of ether oxygens (including phenoxy) is 1. The van der Waals surface area contributed by atoms with E-state index in [0.717, 1.165) is 6.26 Å². The number of carbonyl (C=O) groups is 1. The number of nitriles is 1. The third-order valence-corrected chi connectivity index (χ3v) is 5.16. The van der Waals surface area contributed by atoms with Crippen molar-refractivity contribution in [3.63, 3.8) is 0 Å². The first-order valence-electron chi connectivity index (χ1n) is 8.11. The summed E-state index contributed by atoms with van der Waals surface area (Å²) in [7, 11) is 0. The van der Waals surface area contributed by atoms with Crippen molar-refractivity contribution in [1.29, 1.82) is 5.26 Å². The standard InChI is InChI=1S/C19H20N2O4/c1-18(2)19(3,24)17(21-14-5-6-15(23)13(14)10-22)12-8-11(9-20)4-7-16(12)25-18/h4,7-8,10,17,22,24H,5-6H2,1-3H3/b13-10-,21-14?. The highest BCUT2D eigenvalue weighted by atomic mass is 16.5. The summed E-state index contributed by atoms with van der Waals surface area (Å²) in [6.45, 7) is 5.16. The van der Waals surface area contributed by atoms with Gasteiger partial charge < -0.3 is 14.9 Å². The second-order valence-electron chi connectivity index (χ2n) is 7.07. The Morgan fingerprint density at radius 2 is 2.08 bits per heavy atom. The zero-order valence-electron chi connectivity index (χ0n) is 14.4. The van der Waals surface area contributed by atoms with Gasteiger partial charge in [0.05, 0.1) is 29.2 Å². The topological polar surface area (TPSA) is 103 Å². The number of aliphatic hydroxyl groups excluding tert-OH is 1. The molecule has 2 N–H and O–H groups in total. The van der Waals surface area contributed by atoms with Crippen molar-refractivity contribution in [3.8, 4) is 11.8 Å². The zero-order chi connectivity index (χ0) is 18.4. The average molecular weight is 340 g/mol. The number of aliphatic hydroxyl groups is 2. The molecule has 3 rings (SSSR count). The van der Waals surface area contributed by atoms with Crippen molar-refractivity contribution in [1.82, 2.24) is 0 Å². The van der Waals surface area contributed by atoms with Crippen molar-refractivity contribution in [3.05, 3.63) is 41.2 Å². The van der Waals surface area contributed by atoms with E-state index in [1.165, 1.54) is 0 Å². The minimum absolute atomic E-state index is 0.168. The molecule has 0 bridgehead atoms. The molecule has 0 radical (unpaired) electrons. The van der Waals surface area contributed by atoms with Crippen LogP contribution in [-0.2, 0) is 4.79 Å². The van der Waals surface area contributed by atoms with Crippen LogP contribution in [0.4, 0.5) is 0 Å². The predicted octanol–water partition coefficient (Wildman–Crippen LogP) is 2.77. The Kier molecular flexibility index (Phi) is 3.92. The highest BCUT2D eigenvalue weighted by Gasteiger charge is 2.53. The molecule has 2 unspecified atom stereocenters. The van der Waals surface area contributed by atoms with Crippen LogP contribution in [0.2, 0.25) is 0 Å². The van der Waals surface area contributed by atoms with Crippen molar-refractivity contribution in [2.75, 3.05) is 0 Å².